The molecule has 2 N–H and O–H groups in total. The van der Waals surface area contributed by atoms with E-state index >= 15 is 0 Å². The maximum atomic E-state index is 13.0. The molecule has 0 saturated heterocycles. The average Bonchev–Trinajstić information content (AvgIpc) is 2.81. The van der Waals surface area contributed by atoms with Crippen LogP contribution in [-0.2, 0) is 0 Å². The van der Waals surface area contributed by atoms with Gasteiger partial charge in [0.2, 0.25) is 0 Å². The van der Waals surface area contributed by atoms with Crippen LogP contribution in [0.3, 0.4) is 0 Å². The highest BCUT2D eigenvalue weighted by Gasteiger charge is 2.02. The van der Waals surface area contributed by atoms with Crippen molar-refractivity contribution in [3.63, 3.8) is 0 Å². The number of halogens is 2. The van der Waals surface area contributed by atoms with Crippen molar-refractivity contribution in [1.82, 2.24) is 4.98 Å². The van der Waals surface area contributed by atoms with E-state index in [0.29, 0.717) is 0 Å². The van der Waals surface area contributed by atoms with Crippen LogP contribution in [-0.4, -0.2) is 4.98 Å². The highest BCUT2D eigenvalue weighted by molar-refractivity contribution is 6.31. The molecule has 4 heteroatoms. The Morgan fingerprint density at radius 1 is 1.00 bits per heavy atom. The van der Waals surface area contributed by atoms with Gasteiger partial charge in [-0.2, -0.15) is 0 Å². The Hall–Kier alpha value is -2.00. The van der Waals surface area contributed by atoms with Crippen LogP contribution in [0.2, 0.25) is 5.02 Å². The second-order valence-electron chi connectivity index (χ2n) is 4.03. The molecule has 1 aromatic heterocycles. The maximum absolute atomic E-state index is 13.0. The Morgan fingerprint density at radius 3 is 2.61 bits per heavy atom. The maximum Gasteiger partial charge on any atom is 0.141 e. The van der Waals surface area contributed by atoms with Crippen LogP contribution in [0.4, 0.5) is 15.8 Å². The number of fused-ring (bicyclic) bond motifs is 1. The van der Waals surface area contributed by atoms with Gasteiger partial charge >= 0.3 is 0 Å². The highest BCUT2D eigenvalue weighted by Crippen LogP contribution is 2.24. The highest BCUT2D eigenvalue weighted by atomic mass is 35.5. The molecular formula is C14H10ClFN2. The van der Waals surface area contributed by atoms with Crippen molar-refractivity contribution in [2.24, 2.45) is 0 Å². The molecule has 0 atom stereocenters. The van der Waals surface area contributed by atoms with Crippen LogP contribution in [0.25, 0.3) is 10.9 Å². The molecule has 18 heavy (non-hydrogen) atoms. The number of benzene rings is 2. The Kier molecular flexibility index (Phi) is 2.68. The normalized spacial score (nSPS) is 10.8. The predicted octanol–water partition coefficient (Wildman–Crippen LogP) is 4.70. The second-order valence-corrected chi connectivity index (χ2v) is 4.44. The number of hydrogen-bond acceptors (Lipinski definition) is 1. The first-order chi connectivity index (χ1) is 8.72. The molecule has 3 rings (SSSR count). The summed E-state index contributed by atoms with van der Waals surface area (Å²) in [5.41, 5.74) is 2.78. The third kappa shape index (κ3) is 2.05. The van der Waals surface area contributed by atoms with Gasteiger partial charge in [-0.1, -0.05) is 11.6 Å². The lowest BCUT2D eigenvalue weighted by atomic mass is 10.2. The number of aromatic amines is 1. The molecule has 0 bridgehead atoms. The minimum atomic E-state index is -0.414. The molecule has 0 spiro atoms. The summed E-state index contributed by atoms with van der Waals surface area (Å²) in [6, 6.07) is 12.5. The van der Waals surface area contributed by atoms with E-state index < -0.39 is 5.82 Å². The van der Waals surface area contributed by atoms with Gasteiger partial charge in [0.1, 0.15) is 5.82 Å². The lowest BCUT2D eigenvalue weighted by Crippen LogP contribution is -1.90. The van der Waals surface area contributed by atoms with Crippen LogP contribution in [0.1, 0.15) is 0 Å². The predicted molar refractivity (Wildman–Crippen MR) is 73.0 cm³/mol. The quantitative estimate of drug-likeness (QED) is 0.686. The summed E-state index contributed by atoms with van der Waals surface area (Å²) in [5.74, 6) is -0.414. The summed E-state index contributed by atoms with van der Waals surface area (Å²) >= 11 is 5.74. The van der Waals surface area contributed by atoms with Crippen LogP contribution in [0.15, 0.2) is 48.7 Å². The minimum absolute atomic E-state index is 0.114. The summed E-state index contributed by atoms with van der Waals surface area (Å²) in [6.07, 6.45) is 1.89. The SMILES string of the molecule is Fc1ccc(Nc2ccc3[nH]ccc3c2)cc1Cl. The second kappa shape index (κ2) is 4.35. The van der Waals surface area contributed by atoms with Gasteiger partial charge in [0, 0.05) is 28.5 Å². The fourth-order valence-electron chi connectivity index (χ4n) is 1.87. The van der Waals surface area contributed by atoms with Crippen molar-refractivity contribution in [3.05, 3.63) is 59.5 Å². The monoisotopic (exact) mass is 260 g/mol. The molecule has 2 nitrogen and oxygen atoms in total. The van der Waals surface area contributed by atoms with E-state index in [9.17, 15) is 4.39 Å². The van der Waals surface area contributed by atoms with Gasteiger partial charge in [-0.15, -0.1) is 0 Å². The number of H-pyrrole nitrogens is 1. The van der Waals surface area contributed by atoms with Crippen LogP contribution < -0.4 is 5.32 Å². The zero-order valence-electron chi connectivity index (χ0n) is 9.37. The van der Waals surface area contributed by atoms with Crippen molar-refractivity contribution < 1.29 is 4.39 Å². The van der Waals surface area contributed by atoms with Crippen molar-refractivity contribution in [2.45, 2.75) is 0 Å². The Bertz CT molecular complexity index is 706. The first kappa shape index (κ1) is 11.1. The molecule has 1 heterocycles. The van der Waals surface area contributed by atoms with E-state index in [1.807, 2.05) is 30.5 Å². The smallest absolute Gasteiger partial charge is 0.141 e. The van der Waals surface area contributed by atoms with Crippen molar-refractivity contribution >= 4 is 33.9 Å². The van der Waals surface area contributed by atoms with Gasteiger partial charge in [0.05, 0.1) is 5.02 Å². The molecule has 0 unspecified atom stereocenters. The van der Waals surface area contributed by atoms with Gasteiger partial charge in [-0.3, -0.25) is 0 Å². The Labute approximate surface area is 108 Å². The number of rotatable bonds is 2. The van der Waals surface area contributed by atoms with Gasteiger partial charge in [0.25, 0.3) is 0 Å². The number of hydrogen-bond donors (Lipinski definition) is 2. The summed E-state index contributed by atoms with van der Waals surface area (Å²) in [7, 11) is 0. The van der Waals surface area contributed by atoms with Crippen LogP contribution in [0.5, 0.6) is 0 Å². The summed E-state index contributed by atoms with van der Waals surface area (Å²) < 4.78 is 13.0. The molecule has 0 aliphatic rings. The van der Waals surface area contributed by atoms with Crippen LogP contribution in [0, 0.1) is 5.82 Å². The van der Waals surface area contributed by atoms with E-state index in [1.54, 1.807) is 12.1 Å². The summed E-state index contributed by atoms with van der Waals surface area (Å²) in [4.78, 5) is 3.13. The van der Waals surface area contributed by atoms with Crippen molar-refractivity contribution in [2.75, 3.05) is 5.32 Å². The minimum Gasteiger partial charge on any atom is -0.361 e. The first-order valence-corrected chi connectivity index (χ1v) is 5.89. The van der Waals surface area contributed by atoms with E-state index in [2.05, 4.69) is 10.3 Å². The Morgan fingerprint density at radius 2 is 1.78 bits per heavy atom. The molecule has 0 saturated carbocycles. The molecular weight excluding hydrogens is 251 g/mol. The topological polar surface area (TPSA) is 27.8 Å². The molecule has 0 amide bonds. The lowest BCUT2D eigenvalue weighted by molar-refractivity contribution is 0.628. The third-order valence-corrected chi connectivity index (χ3v) is 3.05. The Balaban J connectivity index is 1.92. The molecule has 0 aliphatic heterocycles. The van der Waals surface area contributed by atoms with Gasteiger partial charge in [-0.25, -0.2) is 4.39 Å². The fourth-order valence-corrected chi connectivity index (χ4v) is 2.05. The number of nitrogens with one attached hydrogen (secondary N) is 2. The number of anilines is 2. The third-order valence-electron chi connectivity index (χ3n) is 2.76. The molecule has 0 fully saturated rings. The number of aromatic nitrogens is 1. The van der Waals surface area contributed by atoms with Gasteiger partial charge < -0.3 is 10.3 Å². The molecule has 0 aliphatic carbocycles. The molecule has 2 aromatic carbocycles. The fraction of sp³-hybridized carbons (Fsp3) is 0. The van der Waals surface area contributed by atoms with E-state index in [1.165, 1.54) is 6.07 Å². The largest absolute Gasteiger partial charge is 0.361 e. The molecule has 90 valence electrons. The van der Waals surface area contributed by atoms with E-state index in [0.717, 1.165) is 22.3 Å². The van der Waals surface area contributed by atoms with Crippen molar-refractivity contribution in [1.29, 1.82) is 0 Å². The summed E-state index contributed by atoms with van der Waals surface area (Å²) in [6.45, 7) is 0. The lowest BCUT2D eigenvalue weighted by Gasteiger charge is -2.07. The van der Waals surface area contributed by atoms with Gasteiger partial charge in [0.15, 0.2) is 0 Å². The van der Waals surface area contributed by atoms with Crippen LogP contribution >= 0.6 is 11.6 Å². The zero-order valence-corrected chi connectivity index (χ0v) is 10.1. The average molecular weight is 261 g/mol. The molecule has 3 aromatic rings. The van der Waals surface area contributed by atoms with Gasteiger partial charge in [-0.05, 0) is 42.5 Å². The van der Waals surface area contributed by atoms with E-state index in [4.69, 9.17) is 11.6 Å². The van der Waals surface area contributed by atoms with Crippen molar-refractivity contribution in [3.8, 4) is 0 Å². The van der Waals surface area contributed by atoms with E-state index in [-0.39, 0.29) is 5.02 Å². The molecule has 0 radical (unpaired) electrons. The first-order valence-electron chi connectivity index (χ1n) is 5.51. The zero-order chi connectivity index (χ0) is 12.5. The summed E-state index contributed by atoms with van der Waals surface area (Å²) in [5, 5.41) is 4.42. The standard InChI is InChI=1S/C14H10ClFN2/c15-12-8-11(1-3-13(12)16)18-10-2-4-14-9(7-10)5-6-17-14/h1-8,17-18H.